The highest BCUT2D eigenvalue weighted by Crippen LogP contribution is 2.40. The normalized spacial score (nSPS) is 19.4. The molecule has 8 heteroatoms. The second-order valence-electron chi connectivity index (χ2n) is 7.03. The topological polar surface area (TPSA) is 80.1 Å². The summed E-state index contributed by atoms with van der Waals surface area (Å²) in [6.45, 7) is 4.78. The Labute approximate surface area is 162 Å². The van der Waals surface area contributed by atoms with E-state index < -0.39 is 0 Å². The zero-order valence-electron chi connectivity index (χ0n) is 15.5. The maximum absolute atomic E-state index is 13.1. The van der Waals surface area contributed by atoms with E-state index in [2.05, 4.69) is 27.0 Å². The number of carbonyl (C=O) groups is 2. The van der Waals surface area contributed by atoms with Crippen molar-refractivity contribution in [1.82, 2.24) is 14.8 Å². The monoisotopic (exact) mass is 385 g/mol. The van der Waals surface area contributed by atoms with Gasteiger partial charge >= 0.3 is 0 Å². The summed E-state index contributed by atoms with van der Waals surface area (Å²) in [5, 5.41) is 12.3. The highest BCUT2D eigenvalue weighted by atomic mass is 32.2. The van der Waals surface area contributed by atoms with Gasteiger partial charge in [-0.3, -0.25) is 9.59 Å². The smallest absolute Gasteiger partial charge is 0.237 e. The van der Waals surface area contributed by atoms with Crippen molar-refractivity contribution in [2.75, 3.05) is 16.0 Å². The maximum atomic E-state index is 13.1. The Morgan fingerprint density at radius 3 is 2.81 bits per heavy atom. The fraction of sp³-hybridized carbons (Fsp3) is 0.474. The Morgan fingerprint density at radius 2 is 2.07 bits per heavy atom. The number of para-hydroxylation sites is 2. The second kappa shape index (κ2) is 7.34. The molecule has 1 aromatic heterocycles. The van der Waals surface area contributed by atoms with Crippen molar-refractivity contribution in [3.8, 4) is 0 Å². The first kappa shape index (κ1) is 18.0. The van der Waals surface area contributed by atoms with Gasteiger partial charge in [-0.1, -0.05) is 23.9 Å². The first-order chi connectivity index (χ1) is 13.1. The molecular formula is C19H23N5O2S. The lowest BCUT2D eigenvalue weighted by molar-refractivity contribution is -0.117. The van der Waals surface area contributed by atoms with Crippen LogP contribution in [0.3, 0.4) is 0 Å². The van der Waals surface area contributed by atoms with E-state index in [4.69, 9.17) is 0 Å². The number of carbonyl (C=O) groups excluding carboxylic acids is 2. The van der Waals surface area contributed by atoms with Gasteiger partial charge in [0.15, 0.2) is 5.16 Å². The molecule has 1 atom stereocenters. The van der Waals surface area contributed by atoms with Gasteiger partial charge in [-0.2, -0.15) is 0 Å². The second-order valence-corrected chi connectivity index (χ2v) is 7.97. The average molecular weight is 385 g/mol. The minimum Gasteiger partial charge on any atom is -0.324 e. The summed E-state index contributed by atoms with van der Waals surface area (Å²) in [7, 11) is 0. The molecule has 2 aliphatic rings. The Hall–Kier alpha value is -2.35. The number of nitrogens with zero attached hydrogens (tertiary/aromatic N) is 4. The Bertz CT molecular complexity index is 877. The van der Waals surface area contributed by atoms with E-state index >= 15 is 0 Å². The van der Waals surface area contributed by atoms with Crippen LogP contribution < -0.4 is 10.2 Å². The van der Waals surface area contributed by atoms with Gasteiger partial charge in [-0.15, -0.1) is 10.2 Å². The molecule has 0 bridgehead atoms. The molecule has 1 aromatic carbocycles. The molecule has 142 valence electrons. The fourth-order valence-electron chi connectivity index (χ4n) is 3.51. The van der Waals surface area contributed by atoms with Crippen molar-refractivity contribution < 1.29 is 9.59 Å². The van der Waals surface area contributed by atoms with E-state index in [0.29, 0.717) is 11.6 Å². The number of hydrogen-bond donors (Lipinski definition) is 1. The van der Waals surface area contributed by atoms with E-state index in [1.807, 2.05) is 31.2 Å². The van der Waals surface area contributed by atoms with Crippen LogP contribution in [0.1, 0.15) is 44.9 Å². The van der Waals surface area contributed by atoms with Gasteiger partial charge in [0.2, 0.25) is 11.8 Å². The summed E-state index contributed by atoms with van der Waals surface area (Å²) in [5.74, 6) is 1.72. The molecule has 2 heterocycles. The van der Waals surface area contributed by atoms with E-state index in [9.17, 15) is 9.59 Å². The van der Waals surface area contributed by atoms with Crippen LogP contribution in [0, 0.1) is 0 Å². The lowest BCUT2D eigenvalue weighted by Crippen LogP contribution is -2.40. The first-order valence-corrected chi connectivity index (χ1v) is 10.3. The standard InChI is InChI=1S/C19H23N5O2S/c1-3-23-18(13-8-9-13)21-22-19(23)27-11-17(26)24-12(2)10-16(25)20-14-6-4-5-7-15(14)24/h4-7,12-13H,3,8-11H2,1-2H3,(H,20,25)/t12-/m0/s1. The zero-order chi connectivity index (χ0) is 19.0. The number of benzene rings is 1. The predicted molar refractivity (Wildman–Crippen MR) is 105 cm³/mol. The number of nitrogens with one attached hydrogen (secondary N) is 1. The van der Waals surface area contributed by atoms with E-state index in [1.54, 1.807) is 4.90 Å². The van der Waals surface area contributed by atoms with E-state index in [1.165, 1.54) is 24.6 Å². The predicted octanol–water partition coefficient (Wildman–Crippen LogP) is 3.03. The molecule has 2 amide bonds. The highest BCUT2D eigenvalue weighted by Gasteiger charge is 2.32. The summed E-state index contributed by atoms with van der Waals surface area (Å²) >= 11 is 1.42. The number of thioether (sulfide) groups is 1. The molecule has 0 unspecified atom stereocenters. The van der Waals surface area contributed by atoms with Crippen LogP contribution in [0.5, 0.6) is 0 Å². The van der Waals surface area contributed by atoms with E-state index in [0.717, 1.165) is 23.2 Å². The van der Waals surface area contributed by atoms with Crippen LogP contribution in [0.15, 0.2) is 29.4 Å². The highest BCUT2D eigenvalue weighted by molar-refractivity contribution is 7.99. The molecule has 2 aromatic rings. The van der Waals surface area contributed by atoms with Crippen molar-refractivity contribution in [2.24, 2.45) is 0 Å². The molecule has 1 aliphatic carbocycles. The summed E-state index contributed by atoms with van der Waals surface area (Å²) in [4.78, 5) is 26.9. The van der Waals surface area contributed by atoms with Crippen molar-refractivity contribution >= 4 is 35.0 Å². The SMILES string of the molecule is CCn1c(SCC(=O)N2c3ccccc3NC(=O)C[C@@H]2C)nnc1C1CC1. The minimum absolute atomic E-state index is 0.0323. The van der Waals surface area contributed by atoms with Crippen LogP contribution in [0.2, 0.25) is 0 Å². The fourth-order valence-corrected chi connectivity index (χ4v) is 4.38. The minimum atomic E-state index is -0.201. The molecule has 0 saturated heterocycles. The molecule has 1 saturated carbocycles. The molecular weight excluding hydrogens is 362 g/mol. The van der Waals surface area contributed by atoms with Gasteiger partial charge < -0.3 is 14.8 Å². The van der Waals surface area contributed by atoms with Gasteiger partial charge in [0, 0.05) is 24.9 Å². The van der Waals surface area contributed by atoms with Crippen LogP contribution in [0.4, 0.5) is 11.4 Å². The molecule has 1 N–H and O–H groups in total. The summed E-state index contributed by atoms with van der Waals surface area (Å²) in [6, 6.07) is 7.24. The average Bonchev–Trinajstić information content (AvgIpc) is 3.42. The van der Waals surface area contributed by atoms with Gasteiger partial charge in [0.05, 0.1) is 17.1 Å². The van der Waals surface area contributed by atoms with E-state index in [-0.39, 0.29) is 30.0 Å². The number of fused-ring (bicyclic) bond motifs is 1. The van der Waals surface area contributed by atoms with Gasteiger partial charge in [-0.05, 0) is 38.8 Å². The largest absolute Gasteiger partial charge is 0.324 e. The summed E-state index contributed by atoms with van der Waals surface area (Å²) in [6.07, 6.45) is 2.62. The van der Waals surface area contributed by atoms with Crippen molar-refractivity contribution in [1.29, 1.82) is 0 Å². The first-order valence-electron chi connectivity index (χ1n) is 9.35. The summed E-state index contributed by atoms with van der Waals surface area (Å²) in [5.41, 5.74) is 1.43. The number of rotatable bonds is 5. The van der Waals surface area contributed by atoms with Crippen molar-refractivity contribution in [3.63, 3.8) is 0 Å². The van der Waals surface area contributed by atoms with Crippen molar-refractivity contribution in [2.45, 2.75) is 56.8 Å². The lowest BCUT2D eigenvalue weighted by Gasteiger charge is -2.27. The third-order valence-corrected chi connectivity index (χ3v) is 5.91. The molecule has 1 aliphatic heterocycles. The third-order valence-electron chi connectivity index (χ3n) is 4.96. The third kappa shape index (κ3) is 3.58. The Kier molecular flexibility index (Phi) is 4.90. The van der Waals surface area contributed by atoms with Crippen LogP contribution in [-0.4, -0.2) is 38.4 Å². The van der Waals surface area contributed by atoms with Crippen LogP contribution in [0.25, 0.3) is 0 Å². The number of amides is 2. The van der Waals surface area contributed by atoms with Gasteiger partial charge in [-0.25, -0.2) is 0 Å². The molecule has 7 nitrogen and oxygen atoms in total. The molecule has 27 heavy (non-hydrogen) atoms. The number of aromatic nitrogens is 3. The van der Waals surface area contributed by atoms with Gasteiger partial charge in [0.1, 0.15) is 5.82 Å². The Balaban J connectivity index is 1.53. The van der Waals surface area contributed by atoms with Crippen molar-refractivity contribution in [3.05, 3.63) is 30.1 Å². The lowest BCUT2D eigenvalue weighted by atomic mass is 10.2. The molecule has 4 rings (SSSR count). The molecule has 0 spiro atoms. The molecule has 1 fully saturated rings. The van der Waals surface area contributed by atoms with Gasteiger partial charge in [0.25, 0.3) is 0 Å². The quantitative estimate of drug-likeness (QED) is 0.800. The number of hydrogen-bond acceptors (Lipinski definition) is 5. The molecule has 0 radical (unpaired) electrons. The Morgan fingerprint density at radius 1 is 1.30 bits per heavy atom. The van der Waals surface area contributed by atoms with Crippen LogP contribution >= 0.6 is 11.8 Å². The zero-order valence-corrected chi connectivity index (χ0v) is 16.3. The summed E-state index contributed by atoms with van der Waals surface area (Å²) < 4.78 is 2.11. The number of anilines is 2. The maximum Gasteiger partial charge on any atom is 0.237 e. The van der Waals surface area contributed by atoms with Crippen LogP contribution in [-0.2, 0) is 16.1 Å².